The molecular formula is C17H28N2O3S. The lowest BCUT2D eigenvalue weighted by atomic mass is 9.92. The van der Waals surface area contributed by atoms with Crippen molar-refractivity contribution in [2.24, 2.45) is 5.92 Å². The molecule has 6 heteroatoms. The second-order valence-electron chi connectivity index (χ2n) is 7.57. The number of likely N-dealkylation sites (tertiary alicyclic amines) is 2. The average Bonchev–Trinajstić information content (AvgIpc) is 3.11. The molecule has 23 heavy (non-hydrogen) atoms. The fourth-order valence-corrected chi connectivity index (χ4v) is 5.23. The van der Waals surface area contributed by atoms with Crippen molar-refractivity contribution in [1.82, 2.24) is 9.80 Å². The molecular weight excluding hydrogens is 312 g/mol. The van der Waals surface area contributed by atoms with Crippen LogP contribution in [0.1, 0.15) is 39.5 Å². The molecule has 1 atom stereocenters. The van der Waals surface area contributed by atoms with E-state index in [0.717, 1.165) is 51.2 Å². The summed E-state index contributed by atoms with van der Waals surface area (Å²) in [4.78, 5) is 28.0. The number of thioether (sulfide) groups is 1. The smallest absolute Gasteiger partial charge is 0.248 e. The van der Waals surface area contributed by atoms with Crippen LogP contribution in [0, 0.1) is 5.92 Å². The topological polar surface area (TPSA) is 49.9 Å². The molecule has 3 aliphatic heterocycles. The molecule has 0 unspecified atom stereocenters. The number of hydrogen-bond donors (Lipinski definition) is 0. The van der Waals surface area contributed by atoms with Crippen LogP contribution in [0.5, 0.6) is 0 Å². The third-order valence-corrected chi connectivity index (χ3v) is 6.55. The second kappa shape index (κ2) is 7.01. The Morgan fingerprint density at radius 2 is 1.87 bits per heavy atom. The lowest BCUT2D eigenvalue weighted by Crippen LogP contribution is -2.60. The van der Waals surface area contributed by atoms with E-state index >= 15 is 0 Å². The third kappa shape index (κ3) is 4.02. The van der Waals surface area contributed by atoms with Crippen LogP contribution in [-0.4, -0.2) is 71.0 Å². The molecule has 5 nitrogen and oxygen atoms in total. The summed E-state index contributed by atoms with van der Waals surface area (Å²) >= 11 is 1.92. The summed E-state index contributed by atoms with van der Waals surface area (Å²) in [6.07, 6.45) is 4.01. The molecule has 2 amide bonds. The second-order valence-corrected chi connectivity index (χ2v) is 9.05. The van der Waals surface area contributed by atoms with Gasteiger partial charge in [0, 0.05) is 38.4 Å². The van der Waals surface area contributed by atoms with E-state index in [1.54, 1.807) is 0 Å². The van der Waals surface area contributed by atoms with Gasteiger partial charge in [0.1, 0.15) is 6.61 Å². The summed E-state index contributed by atoms with van der Waals surface area (Å²) in [6, 6.07) is 0. The first kappa shape index (κ1) is 17.1. The number of hydrogen-bond acceptors (Lipinski definition) is 4. The van der Waals surface area contributed by atoms with Crippen molar-refractivity contribution in [1.29, 1.82) is 0 Å². The molecule has 0 bridgehead atoms. The number of carbonyl (C=O) groups excluding carboxylic acids is 2. The van der Waals surface area contributed by atoms with Crippen molar-refractivity contribution >= 4 is 23.6 Å². The van der Waals surface area contributed by atoms with Crippen molar-refractivity contribution in [3.63, 3.8) is 0 Å². The highest BCUT2D eigenvalue weighted by Crippen LogP contribution is 2.46. The van der Waals surface area contributed by atoms with Crippen molar-refractivity contribution in [3.05, 3.63) is 0 Å². The van der Waals surface area contributed by atoms with E-state index in [1.165, 1.54) is 0 Å². The van der Waals surface area contributed by atoms with Crippen LogP contribution in [0.15, 0.2) is 0 Å². The summed E-state index contributed by atoms with van der Waals surface area (Å²) < 4.78 is 6.04. The standard InChI is InChI=1S/C17H28N2O3S/c1-13(2)7-15(20)19-11-17(12-19)8-14(10-23-17)22-9-16(21)18-5-3-4-6-18/h13-14H,3-12H2,1-2H3/t14-/m0/s1. The zero-order chi connectivity index (χ0) is 16.4. The minimum atomic E-state index is 0.135. The highest BCUT2D eigenvalue weighted by atomic mass is 32.2. The largest absolute Gasteiger partial charge is 0.367 e. The van der Waals surface area contributed by atoms with Gasteiger partial charge in [-0.2, -0.15) is 0 Å². The number of carbonyl (C=O) groups is 2. The van der Waals surface area contributed by atoms with Crippen molar-refractivity contribution in [3.8, 4) is 0 Å². The van der Waals surface area contributed by atoms with Crippen LogP contribution < -0.4 is 0 Å². The van der Waals surface area contributed by atoms with Gasteiger partial charge in [-0.05, 0) is 25.2 Å². The Bertz CT molecular complexity index is 457. The molecule has 0 aromatic carbocycles. The van der Waals surface area contributed by atoms with Gasteiger partial charge >= 0.3 is 0 Å². The summed E-state index contributed by atoms with van der Waals surface area (Å²) in [5.41, 5.74) is 0. The predicted molar refractivity (Wildman–Crippen MR) is 91.4 cm³/mol. The van der Waals surface area contributed by atoms with Crippen LogP contribution in [-0.2, 0) is 14.3 Å². The Hall–Kier alpha value is -0.750. The van der Waals surface area contributed by atoms with Crippen LogP contribution >= 0.6 is 11.8 Å². The normalized spacial score (nSPS) is 26.1. The quantitative estimate of drug-likeness (QED) is 0.765. The van der Waals surface area contributed by atoms with Gasteiger partial charge in [0.2, 0.25) is 11.8 Å². The maximum atomic E-state index is 12.1. The number of rotatable bonds is 5. The first-order valence-corrected chi connectivity index (χ1v) is 9.77. The monoisotopic (exact) mass is 340 g/mol. The zero-order valence-corrected chi connectivity index (χ0v) is 15.1. The van der Waals surface area contributed by atoms with Gasteiger partial charge in [-0.3, -0.25) is 9.59 Å². The van der Waals surface area contributed by atoms with E-state index in [1.807, 2.05) is 21.6 Å². The molecule has 3 rings (SSSR count). The van der Waals surface area contributed by atoms with Gasteiger partial charge in [-0.15, -0.1) is 11.8 Å². The molecule has 0 saturated carbocycles. The van der Waals surface area contributed by atoms with Crippen molar-refractivity contribution < 1.29 is 14.3 Å². The minimum Gasteiger partial charge on any atom is -0.367 e. The molecule has 0 aromatic rings. The molecule has 3 heterocycles. The molecule has 3 fully saturated rings. The Morgan fingerprint density at radius 3 is 2.52 bits per heavy atom. The summed E-state index contributed by atoms with van der Waals surface area (Å²) in [7, 11) is 0. The zero-order valence-electron chi connectivity index (χ0n) is 14.3. The van der Waals surface area contributed by atoms with Crippen LogP contribution in [0.4, 0.5) is 0 Å². The van der Waals surface area contributed by atoms with Gasteiger partial charge in [-0.25, -0.2) is 0 Å². The fourth-order valence-electron chi connectivity index (χ4n) is 3.68. The van der Waals surface area contributed by atoms with Crippen LogP contribution in [0.3, 0.4) is 0 Å². The number of amides is 2. The third-order valence-electron chi connectivity index (χ3n) is 4.97. The van der Waals surface area contributed by atoms with E-state index in [2.05, 4.69) is 13.8 Å². The number of ether oxygens (including phenoxy) is 1. The molecule has 0 aromatic heterocycles. The Balaban J connectivity index is 1.38. The molecule has 0 radical (unpaired) electrons. The van der Waals surface area contributed by atoms with E-state index in [9.17, 15) is 9.59 Å². The van der Waals surface area contributed by atoms with Gasteiger partial charge in [-0.1, -0.05) is 13.8 Å². The molecule has 0 N–H and O–H groups in total. The SMILES string of the molecule is CC(C)CC(=O)N1CC2(C[C@H](OCC(=O)N3CCCC3)CS2)C1. The van der Waals surface area contributed by atoms with E-state index in [4.69, 9.17) is 4.74 Å². The summed E-state index contributed by atoms with van der Waals surface area (Å²) in [6.45, 7) is 7.86. The Labute approximate surface area is 143 Å². The highest BCUT2D eigenvalue weighted by Gasteiger charge is 2.50. The maximum Gasteiger partial charge on any atom is 0.248 e. The van der Waals surface area contributed by atoms with Crippen molar-refractivity contribution in [2.45, 2.75) is 50.4 Å². The first-order valence-electron chi connectivity index (χ1n) is 8.78. The van der Waals surface area contributed by atoms with Crippen LogP contribution in [0.2, 0.25) is 0 Å². The van der Waals surface area contributed by atoms with Gasteiger partial charge in [0.05, 0.1) is 10.9 Å². The van der Waals surface area contributed by atoms with Crippen molar-refractivity contribution in [2.75, 3.05) is 38.5 Å². The molecule has 3 saturated heterocycles. The molecule has 3 aliphatic rings. The van der Waals surface area contributed by atoms with E-state index in [0.29, 0.717) is 12.3 Å². The Morgan fingerprint density at radius 1 is 1.17 bits per heavy atom. The molecule has 130 valence electrons. The predicted octanol–water partition coefficient (Wildman–Crippen LogP) is 1.76. The lowest BCUT2D eigenvalue weighted by molar-refractivity contribution is -0.138. The van der Waals surface area contributed by atoms with Gasteiger partial charge in [0.15, 0.2) is 0 Å². The first-order chi connectivity index (χ1) is 11.0. The molecule has 0 aliphatic carbocycles. The van der Waals surface area contributed by atoms with Gasteiger partial charge in [0.25, 0.3) is 0 Å². The lowest BCUT2D eigenvalue weighted by Gasteiger charge is -2.47. The van der Waals surface area contributed by atoms with Gasteiger partial charge < -0.3 is 14.5 Å². The molecule has 1 spiro atoms. The number of nitrogens with zero attached hydrogens (tertiary/aromatic N) is 2. The summed E-state index contributed by atoms with van der Waals surface area (Å²) in [5, 5.41) is 0. The fraction of sp³-hybridized carbons (Fsp3) is 0.882. The highest BCUT2D eigenvalue weighted by molar-refractivity contribution is 8.01. The summed E-state index contributed by atoms with van der Waals surface area (Å²) in [5.74, 6) is 1.78. The van der Waals surface area contributed by atoms with E-state index in [-0.39, 0.29) is 29.3 Å². The van der Waals surface area contributed by atoms with E-state index < -0.39 is 0 Å². The minimum absolute atomic E-state index is 0.135. The Kier molecular flexibility index (Phi) is 5.21. The van der Waals surface area contributed by atoms with Crippen LogP contribution in [0.25, 0.3) is 0 Å². The average molecular weight is 340 g/mol. The maximum absolute atomic E-state index is 12.1.